The Kier molecular flexibility index (Phi) is 15.7. The molecular formula is C28H43NO9. The van der Waals surface area contributed by atoms with Gasteiger partial charge in [-0.1, -0.05) is 53.5 Å². The van der Waals surface area contributed by atoms with Crippen LogP contribution in [0, 0.1) is 11.8 Å². The van der Waals surface area contributed by atoms with Crippen LogP contribution in [0.2, 0.25) is 0 Å². The fraction of sp³-hybridized carbons (Fsp3) is 0.643. The summed E-state index contributed by atoms with van der Waals surface area (Å²) < 4.78 is 26.0. The fourth-order valence-corrected chi connectivity index (χ4v) is 3.13. The van der Waals surface area contributed by atoms with E-state index in [1.54, 1.807) is 32.0 Å². The molecule has 0 aromatic heterocycles. The summed E-state index contributed by atoms with van der Waals surface area (Å²) in [6, 6.07) is 4.03. The number of esters is 3. The first kappa shape index (κ1) is 32.9. The number of rotatable bonds is 17. The number of methoxy groups -OCH3 is 1. The SMILES string of the molecule is CCCCCOC(=O)OCCN[C@@H](Cc1ccc(OC(=O)C(C)CC)c(OC(=O)C(C)CC)c1)C(=O)OC. The second kappa shape index (κ2) is 18.2. The smallest absolute Gasteiger partial charge is 0.468 e. The van der Waals surface area contributed by atoms with Crippen LogP contribution in [-0.4, -0.2) is 57.0 Å². The van der Waals surface area contributed by atoms with Crippen molar-refractivity contribution in [2.24, 2.45) is 11.8 Å². The molecule has 0 heterocycles. The third kappa shape index (κ3) is 11.9. The molecule has 0 aliphatic carbocycles. The summed E-state index contributed by atoms with van der Waals surface area (Å²) in [5.41, 5.74) is 0.638. The van der Waals surface area contributed by atoms with Gasteiger partial charge in [-0.25, -0.2) is 4.79 Å². The van der Waals surface area contributed by atoms with Crippen molar-refractivity contribution < 1.29 is 42.9 Å². The van der Waals surface area contributed by atoms with Crippen molar-refractivity contribution in [1.29, 1.82) is 0 Å². The van der Waals surface area contributed by atoms with Gasteiger partial charge in [-0.2, -0.15) is 0 Å². The van der Waals surface area contributed by atoms with Crippen LogP contribution >= 0.6 is 0 Å². The maximum Gasteiger partial charge on any atom is 0.508 e. The molecule has 38 heavy (non-hydrogen) atoms. The van der Waals surface area contributed by atoms with Gasteiger partial charge in [0, 0.05) is 6.54 Å². The summed E-state index contributed by atoms with van der Waals surface area (Å²) in [4.78, 5) is 48.9. The summed E-state index contributed by atoms with van der Waals surface area (Å²) >= 11 is 0. The molecule has 1 N–H and O–H groups in total. The summed E-state index contributed by atoms with van der Waals surface area (Å²) in [5.74, 6) is -1.84. The number of hydrogen-bond donors (Lipinski definition) is 1. The molecule has 2 unspecified atom stereocenters. The van der Waals surface area contributed by atoms with Crippen LogP contribution in [0.15, 0.2) is 18.2 Å². The van der Waals surface area contributed by atoms with Crippen molar-refractivity contribution in [2.75, 3.05) is 26.9 Å². The number of ether oxygens (including phenoxy) is 5. The number of benzene rings is 1. The van der Waals surface area contributed by atoms with E-state index in [2.05, 4.69) is 12.2 Å². The first-order valence-electron chi connectivity index (χ1n) is 13.3. The minimum absolute atomic E-state index is 0.00236. The Morgan fingerprint density at radius 1 is 0.816 bits per heavy atom. The second-order valence-corrected chi connectivity index (χ2v) is 9.13. The van der Waals surface area contributed by atoms with Crippen LogP contribution in [0.5, 0.6) is 11.5 Å². The maximum absolute atomic E-state index is 12.5. The highest BCUT2D eigenvalue weighted by Gasteiger charge is 2.23. The summed E-state index contributed by atoms with van der Waals surface area (Å²) in [6.45, 7) is 9.79. The zero-order chi connectivity index (χ0) is 28.5. The Hall–Kier alpha value is -3.14. The van der Waals surface area contributed by atoms with E-state index >= 15 is 0 Å². The molecule has 1 aromatic carbocycles. The molecule has 1 aromatic rings. The summed E-state index contributed by atoms with van der Waals surface area (Å²) in [7, 11) is 1.28. The van der Waals surface area contributed by atoms with Crippen LogP contribution in [-0.2, 0) is 35.0 Å². The number of nitrogens with one attached hydrogen (secondary N) is 1. The van der Waals surface area contributed by atoms with Crippen LogP contribution in [0.3, 0.4) is 0 Å². The minimum atomic E-state index is -0.768. The van der Waals surface area contributed by atoms with Crippen molar-refractivity contribution in [3.8, 4) is 11.5 Å². The molecular weight excluding hydrogens is 494 g/mol. The molecule has 1 rings (SSSR count). The number of carbonyl (C=O) groups is 4. The number of unbranched alkanes of at least 4 members (excludes halogenated alkanes) is 2. The highest BCUT2D eigenvalue weighted by molar-refractivity contribution is 5.79. The van der Waals surface area contributed by atoms with Gasteiger partial charge in [-0.05, 0) is 43.4 Å². The standard InChI is InChI=1S/C28H43NO9/c1-7-10-11-15-35-28(33)36-16-14-29-22(27(32)34-6)17-21-12-13-23(37-25(30)19(4)8-2)24(18-21)38-26(31)20(5)9-3/h12-13,18-20,22,29H,7-11,14-17H2,1-6H3/t19?,20?,22-/m0/s1. The second-order valence-electron chi connectivity index (χ2n) is 9.13. The quantitative estimate of drug-likeness (QED) is 0.171. The van der Waals surface area contributed by atoms with Crippen molar-refractivity contribution in [3.05, 3.63) is 23.8 Å². The normalized spacial score (nSPS) is 13.1. The van der Waals surface area contributed by atoms with Crippen molar-refractivity contribution >= 4 is 24.1 Å². The molecule has 0 saturated carbocycles. The van der Waals surface area contributed by atoms with E-state index in [4.69, 9.17) is 23.7 Å². The van der Waals surface area contributed by atoms with Gasteiger partial charge in [0.2, 0.25) is 0 Å². The Morgan fingerprint density at radius 2 is 1.42 bits per heavy atom. The monoisotopic (exact) mass is 537 g/mol. The lowest BCUT2D eigenvalue weighted by molar-refractivity contribution is -0.143. The molecule has 0 saturated heterocycles. The molecule has 3 atom stereocenters. The molecule has 0 fully saturated rings. The molecule has 0 spiro atoms. The number of carbonyl (C=O) groups excluding carboxylic acids is 4. The van der Waals surface area contributed by atoms with E-state index in [-0.39, 0.29) is 42.9 Å². The predicted molar refractivity (Wildman–Crippen MR) is 141 cm³/mol. The van der Waals surface area contributed by atoms with E-state index in [0.29, 0.717) is 25.0 Å². The van der Waals surface area contributed by atoms with Crippen molar-refractivity contribution in [2.45, 2.75) is 79.2 Å². The average molecular weight is 538 g/mol. The lowest BCUT2D eigenvalue weighted by atomic mass is 10.0. The average Bonchev–Trinajstić information content (AvgIpc) is 2.92. The molecule has 214 valence electrons. The third-order valence-electron chi connectivity index (χ3n) is 6.06. The first-order chi connectivity index (χ1) is 18.2. The first-order valence-corrected chi connectivity index (χ1v) is 13.3. The van der Waals surface area contributed by atoms with Crippen LogP contribution in [0.25, 0.3) is 0 Å². The Balaban J connectivity index is 2.91. The van der Waals surface area contributed by atoms with Gasteiger partial charge in [-0.3, -0.25) is 14.4 Å². The van der Waals surface area contributed by atoms with Gasteiger partial charge in [0.15, 0.2) is 11.5 Å². The van der Waals surface area contributed by atoms with Crippen LogP contribution in [0.4, 0.5) is 4.79 Å². The van der Waals surface area contributed by atoms with Crippen molar-refractivity contribution in [1.82, 2.24) is 5.32 Å². The predicted octanol–water partition coefficient (Wildman–Crippen LogP) is 4.61. The fourth-order valence-electron chi connectivity index (χ4n) is 3.13. The van der Waals surface area contributed by atoms with Gasteiger partial charge in [0.1, 0.15) is 12.6 Å². The Labute approximate surface area is 225 Å². The zero-order valence-electron chi connectivity index (χ0n) is 23.5. The van der Waals surface area contributed by atoms with Gasteiger partial charge >= 0.3 is 24.1 Å². The van der Waals surface area contributed by atoms with Crippen molar-refractivity contribution in [3.63, 3.8) is 0 Å². The summed E-state index contributed by atoms with van der Waals surface area (Å²) in [5, 5.41) is 3.01. The molecule has 0 radical (unpaired) electrons. The highest BCUT2D eigenvalue weighted by Crippen LogP contribution is 2.31. The van der Waals surface area contributed by atoms with Crippen LogP contribution in [0.1, 0.15) is 72.3 Å². The van der Waals surface area contributed by atoms with Gasteiger partial charge < -0.3 is 29.0 Å². The summed E-state index contributed by atoms with van der Waals surface area (Å²) in [6.07, 6.45) is 3.38. The molecule has 0 bridgehead atoms. The highest BCUT2D eigenvalue weighted by atomic mass is 16.7. The lowest BCUT2D eigenvalue weighted by Gasteiger charge is -2.19. The topological polar surface area (TPSA) is 126 Å². The van der Waals surface area contributed by atoms with Gasteiger partial charge in [0.05, 0.1) is 25.6 Å². The molecule has 10 heteroatoms. The van der Waals surface area contributed by atoms with E-state index in [1.807, 2.05) is 13.8 Å². The minimum Gasteiger partial charge on any atom is -0.468 e. The van der Waals surface area contributed by atoms with E-state index < -0.39 is 30.1 Å². The maximum atomic E-state index is 12.5. The molecule has 0 aliphatic rings. The van der Waals surface area contributed by atoms with E-state index in [0.717, 1.165) is 19.3 Å². The van der Waals surface area contributed by atoms with E-state index in [9.17, 15) is 19.2 Å². The number of hydrogen-bond acceptors (Lipinski definition) is 10. The van der Waals surface area contributed by atoms with Crippen LogP contribution < -0.4 is 14.8 Å². The Morgan fingerprint density at radius 3 is 2.00 bits per heavy atom. The Bertz CT molecular complexity index is 902. The van der Waals surface area contributed by atoms with Gasteiger partial charge in [-0.15, -0.1) is 0 Å². The van der Waals surface area contributed by atoms with E-state index in [1.165, 1.54) is 7.11 Å². The zero-order valence-corrected chi connectivity index (χ0v) is 23.5. The lowest BCUT2D eigenvalue weighted by Crippen LogP contribution is -2.41. The molecule has 10 nitrogen and oxygen atoms in total. The molecule has 0 amide bonds. The largest absolute Gasteiger partial charge is 0.508 e. The molecule has 0 aliphatic heterocycles. The van der Waals surface area contributed by atoms with Gasteiger partial charge in [0.25, 0.3) is 0 Å². The third-order valence-corrected chi connectivity index (χ3v) is 6.06.